The summed E-state index contributed by atoms with van der Waals surface area (Å²) in [5.74, 6) is -3.44. The second kappa shape index (κ2) is 5.46. The Bertz CT molecular complexity index is 770. The lowest BCUT2D eigenvalue weighted by molar-refractivity contribution is 0.0692. The van der Waals surface area contributed by atoms with E-state index < -0.39 is 23.2 Å². The summed E-state index contributed by atoms with van der Waals surface area (Å²) in [6, 6.07) is 6.81. The average molecular weight is 290 g/mol. The van der Waals surface area contributed by atoms with Gasteiger partial charge in [-0.25, -0.2) is 13.6 Å². The van der Waals surface area contributed by atoms with Crippen LogP contribution in [0.2, 0.25) is 0 Å². The Labute approximate surface area is 117 Å². The van der Waals surface area contributed by atoms with Crippen molar-refractivity contribution < 1.29 is 23.4 Å². The highest BCUT2D eigenvalue weighted by Crippen LogP contribution is 2.30. The smallest absolute Gasteiger partial charge is 0.338 e. The predicted molar refractivity (Wildman–Crippen MR) is 69.0 cm³/mol. The molecule has 0 spiro atoms. The molecule has 0 aliphatic carbocycles. The van der Waals surface area contributed by atoms with Crippen LogP contribution in [0.5, 0.6) is 11.5 Å². The van der Waals surface area contributed by atoms with Crippen molar-refractivity contribution in [3.05, 3.63) is 53.1 Å². The van der Waals surface area contributed by atoms with Gasteiger partial charge in [0, 0.05) is 12.1 Å². The fraction of sp³-hybridized carbons (Fsp3) is 0. The van der Waals surface area contributed by atoms with Crippen LogP contribution in [-0.4, -0.2) is 11.1 Å². The topological polar surface area (TPSA) is 96.3 Å². The number of halogens is 2. The van der Waals surface area contributed by atoms with Crippen LogP contribution in [0.25, 0.3) is 0 Å². The van der Waals surface area contributed by atoms with Gasteiger partial charge in [0.05, 0.1) is 16.8 Å². The van der Waals surface area contributed by atoms with Crippen LogP contribution in [0.1, 0.15) is 15.9 Å². The molecule has 2 aromatic carbocycles. The van der Waals surface area contributed by atoms with Gasteiger partial charge in [0.25, 0.3) is 0 Å². The Morgan fingerprint density at radius 3 is 2.52 bits per heavy atom. The highest BCUT2D eigenvalue weighted by Gasteiger charge is 2.15. The van der Waals surface area contributed by atoms with Gasteiger partial charge < -0.3 is 15.6 Å². The zero-order valence-corrected chi connectivity index (χ0v) is 10.4. The fourth-order valence-electron chi connectivity index (χ4n) is 1.60. The van der Waals surface area contributed by atoms with Gasteiger partial charge in [0.2, 0.25) is 0 Å². The van der Waals surface area contributed by atoms with Crippen LogP contribution in [0, 0.1) is 23.0 Å². The zero-order valence-electron chi connectivity index (χ0n) is 10.4. The van der Waals surface area contributed by atoms with Crippen LogP contribution in [0.15, 0.2) is 30.3 Å². The minimum atomic E-state index is -1.46. The largest absolute Gasteiger partial charge is 0.478 e. The molecule has 0 aliphatic rings. The molecular formula is C14H8F2N2O3. The third-order valence-corrected chi connectivity index (χ3v) is 2.62. The van der Waals surface area contributed by atoms with Gasteiger partial charge in [0.15, 0.2) is 5.75 Å². The highest BCUT2D eigenvalue weighted by molar-refractivity contribution is 5.89. The number of anilines is 1. The van der Waals surface area contributed by atoms with Crippen molar-refractivity contribution in [2.75, 3.05) is 5.73 Å². The lowest BCUT2D eigenvalue weighted by atomic mass is 10.1. The number of ether oxygens (including phenoxy) is 1. The molecule has 0 atom stereocenters. The van der Waals surface area contributed by atoms with E-state index in [1.807, 2.05) is 0 Å². The summed E-state index contributed by atoms with van der Waals surface area (Å²) in [5, 5.41) is 17.4. The number of hydrogen-bond acceptors (Lipinski definition) is 4. The van der Waals surface area contributed by atoms with E-state index >= 15 is 0 Å². The lowest BCUT2D eigenvalue weighted by Gasteiger charge is -2.10. The molecule has 2 aromatic rings. The molecule has 2 rings (SSSR count). The third-order valence-electron chi connectivity index (χ3n) is 2.62. The van der Waals surface area contributed by atoms with Crippen molar-refractivity contribution in [2.45, 2.75) is 0 Å². The Kier molecular flexibility index (Phi) is 3.71. The number of carbonyl (C=O) groups is 1. The Balaban J connectivity index is 2.36. The second-order valence-corrected chi connectivity index (χ2v) is 4.03. The standard InChI is InChI=1S/C14H8F2N2O3/c15-10-3-8(2-1-7(10)6-17)21-13-5-11(16)9(14(19)20)4-12(13)18/h1-5H,18H2,(H,19,20). The molecule has 21 heavy (non-hydrogen) atoms. The van der Waals surface area contributed by atoms with Crippen molar-refractivity contribution in [1.82, 2.24) is 0 Å². The number of nitrogen functional groups attached to an aromatic ring is 1. The minimum absolute atomic E-state index is 0.000625. The van der Waals surface area contributed by atoms with E-state index in [0.29, 0.717) is 0 Å². The predicted octanol–water partition coefficient (Wildman–Crippen LogP) is 2.91. The molecule has 0 saturated carbocycles. The molecule has 0 aromatic heterocycles. The van der Waals surface area contributed by atoms with Crippen LogP contribution in [0.3, 0.4) is 0 Å². The molecule has 0 radical (unpaired) electrons. The number of rotatable bonds is 3. The van der Waals surface area contributed by atoms with E-state index in [1.54, 1.807) is 6.07 Å². The molecule has 0 heterocycles. The van der Waals surface area contributed by atoms with E-state index in [4.69, 9.17) is 20.8 Å². The average Bonchev–Trinajstić information content (AvgIpc) is 2.42. The maximum Gasteiger partial charge on any atom is 0.338 e. The monoisotopic (exact) mass is 290 g/mol. The lowest BCUT2D eigenvalue weighted by Crippen LogP contribution is -2.03. The van der Waals surface area contributed by atoms with E-state index in [0.717, 1.165) is 18.2 Å². The minimum Gasteiger partial charge on any atom is -0.478 e. The number of aromatic carboxylic acids is 1. The van der Waals surface area contributed by atoms with Crippen molar-refractivity contribution in [3.8, 4) is 17.6 Å². The van der Waals surface area contributed by atoms with E-state index in [2.05, 4.69) is 0 Å². The first-order chi connectivity index (χ1) is 9.92. The van der Waals surface area contributed by atoms with E-state index in [9.17, 15) is 13.6 Å². The molecule has 5 nitrogen and oxygen atoms in total. The number of nitriles is 1. The summed E-state index contributed by atoms with van der Waals surface area (Å²) in [7, 11) is 0. The van der Waals surface area contributed by atoms with Crippen molar-refractivity contribution in [1.29, 1.82) is 5.26 Å². The van der Waals surface area contributed by atoms with E-state index in [1.165, 1.54) is 12.1 Å². The van der Waals surface area contributed by atoms with Crippen LogP contribution >= 0.6 is 0 Å². The number of benzene rings is 2. The van der Waals surface area contributed by atoms with Crippen molar-refractivity contribution in [2.24, 2.45) is 0 Å². The molecule has 0 amide bonds. The number of carboxylic acid groups (broad SMARTS) is 1. The zero-order chi connectivity index (χ0) is 15.6. The Hall–Kier alpha value is -3.14. The van der Waals surface area contributed by atoms with Gasteiger partial charge in [-0.1, -0.05) is 0 Å². The van der Waals surface area contributed by atoms with Gasteiger partial charge in [-0.3, -0.25) is 0 Å². The summed E-state index contributed by atoms with van der Waals surface area (Å²) < 4.78 is 32.2. The summed E-state index contributed by atoms with van der Waals surface area (Å²) in [6.07, 6.45) is 0. The fourth-order valence-corrected chi connectivity index (χ4v) is 1.60. The first kappa shape index (κ1) is 14.3. The summed E-state index contributed by atoms with van der Waals surface area (Å²) in [5.41, 5.74) is 4.70. The van der Waals surface area contributed by atoms with Crippen molar-refractivity contribution >= 4 is 11.7 Å². The van der Waals surface area contributed by atoms with Gasteiger partial charge in [-0.2, -0.15) is 5.26 Å². The Morgan fingerprint density at radius 1 is 1.24 bits per heavy atom. The molecule has 0 saturated heterocycles. The third kappa shape index (κ3) is 2.90. The maximum absolute atomic E-state index is 13.5. The molecular weight excluding hydrogens is 282 g/mol. The van der Waals surface area contributed by atoms with Gasteiger partial charge >= 0.3 is 5.97 Å². The summed E-state index contributed by atoms with van der Waals surface area (Å²) >= 11 is 0. The second-order valence-electron chi connectivity index (χ2n) is 4.03. The number of nitrogens with zero attached hydrogens (tertiary/aromatic N) is 1. The molecule has 0 bridgehead atoms. The SMILES string of the molecule is N#Cc1ccc(Oc2cc(F)c(C(=O)O)cc2N)cc1F. The molecule has 7 heteroatoms. The number of nitrogens with two attached hydrogens (primary N) is 1. The first-order valence-electron chi connectivity index (χ1n) is 5.62. The molecule has 3 N–H and O–H groups in total. The van der Waals surface area contributed by atoms with Crippen LogP contribution in [0.4, 0.5) is 14.5 Å². The normalized spacial score (nSPS) is 9.95. The molecule has 0 unspecified atom stereocenters. The molecule has 0 fully saturated rings. The van der Waals surface area contributed by atoms with Gasteiger partial charge in [-0.15, -0.1) is 0 Å². The van der Waals surface area contributed by atoms with Gasteiger partial charge in [0.1, 0.15) is 23.5 Å². The first-order valence-corrected chi connectivity index (χ1v) is 5.62. The van der Waals surface area contributed by atoms with Crippen molar-refractivity contribution in [3.63, 3.8) is 0 Å². The Morgan fingerprint density at radius 2 is 1.95 bits per heavy atom. The van der Waals surface area contributed by atoms with E-state index in [-0.39, 0.29) is 22.7 Å². The van der Waals surface area contributed by atoms with Gasteiger partial charge in [-0.05, 0) is 18.2 Å². The van der Waals surface area contributed by atoms with Crippen LogP contribution in [-0.2, 0) is 0 Å². The summed E-state index contributed by atoms with van der Waals surface area (Å²) in [4.78, 5) is 10.7. The molecule has 106 valence electrons. The highest BCUT2D eigenvalue weighted by atomic mass is 19.1. The number of carboxylic acids is 1. The molecule has 0 aliphatic heterocycles. The van der Waals surface area contributed by atoms with Crippen LogP contribution < -0.4 is 10.5 Å². The number of hydrogen-bond donors (Lipinski definition) is 2. The summed E-state index contributed by atoms with van der Waals surface area (Å²) in [6.45, 7) is 0. The quantitative estimate of drug-likeness (QED) is 0.847. The maximum atomic E-state index is 13.5.